The number of hydrogen-bond acceptors (Lipinski definition) is 5. The highest BCUT2D eigenvalue weighted by Gasteiger charge is 2.33. The van der Waals surface area contributed by atoms with E-state index in [0.717, 1.165) is 18.7 Å². The van der Waals surface area contributed by atoms with Gasteiger partial charge in [-0.05, 0) is 17.7 Å². The zero-order valence-corrected chi connectivity index (χ0v) is 13.6. The van der Waals surface area contributed by atoms with E-state index in [2.05, 4.69) is 4.90 Å². The Bertz CT molecular complexity index is 533. The van der Waals surface area contributed by atoms with Crippen LogP contribution in [0.4, 0.5) is 0 Å². The van der Waals surface area contributed by atoms with Crippen molar-refractivity contribution < 1.29 is 19.5 Å². The molecule has 2 heterocycles. The molecule has 23 heavy (non-hydrogen) atoms. The lowest BCUT2D eigenvalue weighted by atomic mass is 10.1. The summed E-state index contributed by atoms with van der Waals surface area (Å²) >= 11 is 5.87. The normalized spacial score (nSPS) is 24.2. The first-order valence-electron chi connectivity index (χ1n) is 7.82. The largest absolute Gasteiger partial charge is 0.390 e. The van der Waals surface area contributed by atoms with Crippen molar-refractivity contribution in [2.24, 2.45) is 0 Å². The molecule has 1 N–H and O–H groups in total. The fourth-order valence-electron chi connectivity index (χ4n) is 2.84. The van der Waals surface area contributed by atoms with Gasteiger partial charge in [0.1, 0.15) is 6.10 Å². The van der Waals surface area contributed by atoms with Crippen LogP contribution in [0.1, 0.15) is 18.1 Å². The highest BCUT2D eigenvalue weighted by atomic mass is 35.5. The van der Waals surface area contributed by atoms with Gasteiger partial charge >= 0.3 is 0 Å². The molecule has 7 heteroatoms. The number of ether oxygens (including phenoxy) is 1. The van der Waals surface area contributed by atoms with Crippen LogP contribution >= 0.6 is 11.6 Å². The summed E-state index contributed by atoms with van der Waals surface area (Å²) in [6.45, 7) is 3.68. The first kappa shape index (κ1) is 16.7. The Morgan fingerprint density at radius 3 is 2.61 bits per heavy atom. The predicted molar refractivity (Wildman–Crippen MR) is 84.9 cm³/mol. The molecule has 2 saturated heterocycles. The van der Waals surface area contributed by atoms with Gasteiger partial charge in [-0.2, -0.15) is 0 Å². The molecule has 0 aromatic heterocycles. The smallest absolute Gasteiger partial charge is 0.249 e. The molecule has 2 aliphatic heterocycles. The Kier molecular flexibility index (Phi) is 5.50. The van der Waals surface area contributed by atoms with Crippen molar-refractivity contribution in [3.63, 3.8) is 0 Å². The van der Waals surface area contributed by atoms with Crippen LogP contribution in [0.2, 0.25) is 5.02 Å². The lowest BCUT2D eigenvalue weighted by molar-refractivity contribution is -0.182. The van der Waals surface area contributed by atoms with Gasteiger partial charge in [0.2, 0.25) is 5.91 Å². The van der Waals surface area contributed by atoms with Crippen LogP contribution in [0, 0.1) is 0 Å². The van der Waals surface area contributed by atoms with Gasteiger partial charge in [0.25, 0.3) is 0 Å². The zero-order chi connectivity index (χ0) is 16.2. The number of hydrogen-bond donors (Lipinski definition) is 1. The molecule has 0 radical (unpaired) electrons. The molecule has 1 aromatic rings. The van der Waals surface area contributed by atoms with Crippen molar-refractivity contribution in [2.45, 2.75) is 18.6 Å². The minimum absolute atomic E-state index is 0.106. The van der Waals surface area contributed by atoms with E-state index in [0.29, 0.717) is 24.8 Å². The van der Waals surface area contributed by atoms with Crippen molar-refractivity contribution in [3.8, 4) is 0 Å². The van der Waals surface area contributed by atoms with Gasteiger partial charge in [0, 0.05) is 24.7 Å². The molecule has 2 aliphatic rings. The first-order valence-corrected chi connectivity index (χ1v) is 8.20. The van der Waals surface area contributed by atoms with Crippen LogP contribution in [0.3, 0.4) is 0 Å². The number of nitrogens with zero attached hydrogens (tertiary/aromatic N) is 2. The average molecular weight is 341 g/mol. The van der Waals surface area contributed by atoms with Gasteiger partial charge in [-0.1, -0.05) is 23.7 Å². The first-order chi connectivity index (χ1) is 11.1. The molecule has 0 saturated carbocycles. The number of carbonyl (C=O) groups is 1. The summed E-state index contributed by atoms with van der Waals surface area (Å²) in [6.07, 6.45) is -0.664. The summed E-state index contributed by atoms with van der Waals surface area (Å²) in [5.41, 5.74) is 0.910. The number of amides is 1. The summed E-state index contributed by atoms with van der Waals surface area (Å²) in [7, 11) is 0. The molecule has 1 amide bonds. The summed E-state index contributed by atoms with van der Waals surface area (Å²) in [5.74, 6) is -0.106. The minimum Gasteiger partial charge on any atom is -0.390 e. The number of aliphatic hydroxyl groups excluding tert-OH is 1. The SMILES string of the molecule is O=C1C[C@@H](c2ccc(Cl)cc2)ON1CC(O)CN1CCOCC1. The Labute approximate surface area is 140 Å². The van der Waals surface area contributed by atoms with Crippen LogP contribution in [0.5, 0.6) is 0 Å². The van der Waals surface area contributed by atoms with Crippen molar-refractivity contribution >= 4 is 17.5 Å². The van der Waals surface area contributed by atoms with E-state index in [1.165, 1.54) is 5.06 Å². The summed E-state index contributed by atoms with van der Waals surface area (Å²) in [5, 5.41) is 12.1. The molecule has 0 spiro atoms. The van der Waals surface area contributed by atoms with E-state index in [-0.39, 0.29) is 25.0 Å². The van der Waals surface area contributed by atoms with Crippen molar-refractivity contribution in [2.75, 3.05) is 39.4 Å². The maximum atomic E-state index is 12.1. The Morgan fingerprint density at radius 1 is 1.22 bits per heavy atom. The van der Waals surface area contributed by atoms with Crippen LogP contribution in [0.15, 0.2) is 24.3 Å². The molecule has 1 unspecified atom stereocenters. The minimum atomic E-state index is -0.638. The van der Waals surface area contributed by atoms with E-state index in [1.807, 2.05) is 12.1 Å². The summed E-state index contributed by atoms with van der Waals surface area (Å²) < 4.78 is 5.28. The second kappa shape index (κ2) is 7.59. The number of carbonyl (C=O) groups excluding carboxylic acids is 1. The predicted octanol–water partition coefficient (Wildman–Crippen LogP) is 1.24. The quantitative estimate of drug-likeness (QED) is 0.873. The van der Waals surface area contributed by atoms with E-state index < -0.39 is 6.10 Å². The molecule has 6 nitrogen and oxygen atoms in total. The second-order valence-electron chi connectivity index (χ2n) is 5.87. The highest BCUT2D eigenvalue weighted by Crippen LogP contribution is 2.30. The number of halogens is 1. The van der Waals surface area contributed by atoms with Crippen molar-refractivity contribution in [3.05, 3.63) is 34.9 Å². The molecule has 3 rings (SSSR count). The van der Waals surface area contributed by atoms with Gasteiger partial charge in [-0.15, -0.1) is 0 Å². The van der Waals surface area contributed by atoms with E-state index in [1.54, 1.807) is 12.1 Å². The number of rotatable bonds is 5. The topological polar surface area (TPSA) is 62.2 Å². The van der Waals surface area contributed by atoms with Gasteiger partial charge in [0.05, 0.1) is 32.3 Å². The Hall–Kier alpha value is -1.18. The number of benzene rings is 1. The van der Waals surface area contributed by atoms with Crippen molar-refractivity contribution in [1.82, 2.24) is 9.96 Å². The molecular weight excluding hydrogens is 320 g/mol. The average Bonchev–Trinajstić information content (AvgIpc) is 2.90. The third-order valence-electron chi connectivity index (χ3n) is 4.08. The van der Waals surface area contributed by atoms with Crippen LogP contribution in [0.25, 0.3) is 0 Å². The van der Waals surface area contributed by atoms with Gasteiger partial charge in [-0.3, -0.25) is 14.5 Å². The second-order valence-corrected chi connectivity index (χ2v) is 6.31. The zero-order valence-electron chi connectivity index (χ0n) is 12.9. The third-order valence-corrected chi connectivity index (χ3v) is 4.34. The third kappa shape index (κ3) is 4.43. The number of morpholine rings is 1. The van der Waals surface area contributed by atoms with Crippen LogP contribution in [-0.4, -0.2) is 66.5 Å². The number of β-amino-alcohol motifs (C(OH)–C–C–N with tert-alkyl or cyclic N) is 1. The molecule has 1 aromatic carbocycles. The summed E-state index contributed by atoms with van der Waals surface area (Å²) in [6, 6.07) is 7.27. The number of aliphatic hydroxyl groups is 1. The van der Waals surface area contributed by atoms with E-state index in [9.17, 15) is 9.90 Å². The van der Waals surface area contributed by atoms with Gasteiger partial charge in [-0.25, -0.2) is 5.06 Å². The molecule has 2 atom stereocenters. The lowest BCUT2D eigenvalue weighted by Gasteiger charge is -2.29. The lowest BCUT2D eigenvalue weighted by Crippen LogP contribution is -2.44. The molecule has 0 bridgehead atoms. The van der Waals surface area contributed by atoms with Gasteiger partial charge in [0.15, 0.2) is 0 Å². The fourth-order valence-corrected chi connectivity index (χ4v) is 2.97. The highest BCUT2D eigenvalue weighted by molar-refractivity contribution is 6.30. The van der Waals surface area contributed by atoms with Crippen molar-refractivity contribution in [1.29, 1.82) is 0 Å². The van der Waals surface area contributed by atoms with E-state index in [4.69, 9.17) is 21.2 Å². The Morgan fingerprint density at radius 2 is 1.91 bits per heavy atom. The molecular formula is C16H21ClN2O4. The standard InChI is InChI=1S/C16H21ClN2O4/c17-13-3-1-12(2-4-13)15-9-16(21)19(23-15)11-14(20)10-18-5-7-22-8-6-18/h1-4,14-15,20H,5-11H2/t14?,15-/m0/s1. The molecule has 2 fully saturated rings. The Balaban J connectivity index is 1.52. The monoisotopic (exact) mass is 340 g/mol. The van der Waals surface area contributed by atoms with E-state index >= 15 is 0 Å². The van der Waals surface area contributed by atoms with Gasteiger partial charge < -0.3 is 9.84 Å². The maximum absolute atomic E-state index is 12.1. The van der Waals surface area contributed by atoms with Crippen LogP contribution < -0.4 is 0 Å². The number of hydroxylamine groups is 2. The maximum Gasteiger partial charge on any atom is 0.249 e. The fraction of sp³-hybridized carbons (Fsp3) is 0.562. The summed E-state index contributed by atoms with van der Waals surface area (Å²) in [4.78, 5) is 19.9. The molecule has 126 valence electrons. The van der Waals surface area contributed by atoms with Crippen LogP contribution in [-0.2, 0) is 14.4 Å². The molecule has 0 aliphatic carbocycles.